The molecule has 1 amide bonds. The second-order valence-corrected chi connectivity index (χ2v) is 8.42. The number of nitrogens with zero attached hydrogens (tertiary/aromatic N) is 3. The van der Waals surface area contributed by atoms with Gasteiger partial charge in [0.2, 0.25) is 12.7 Å². The van der Waals surface area contributed by atoms with E-state index in [2.05, 4.69) is 22.0 Å². The third kappa shape index (κ3) is 4.13. The van der Waals surface area contributed by atoms with Crippen molar-refractivity contribution in [1.82, 2.24) is 19.4 Å². The quantitative estimate of drug-likeness (QED) is 0.600. The van der Waals surface area contributed by atoms with Gasteiger partial charge < -0.3 is 19.4 Å². The van der Waals surface area contributed by atoms with Gasteiger partial charge >= 0.3 is 0 Å². The minimum atomic E-state index is -0.234. The molecule has 0 aliphatic carbocycles. The molecule has 1 fully saturated rings. The SMILES string of the molecule is O=C(CCn1c(=S)[nH]c2cc3c(cc2c1=O)OCO3)N1CCN(Cc2ccccc2)CC1. The van der Waals surface area contributed by atoms with E-state index in [0.29, 0.717) is 40.3 Å². The number of amides is 1. The van der Waals surface area contributed by atoms with Crippen LogP contribution in [0.1, 0.15) is 12.0 Å². The maximum Gasteiger partial charge on any atom is 0.262 e. The van der Waals surface area contributed by atoms with Gasteiger partial charge in [0, 0.05) is 51.8 Å². The monoisotopic (exact) mass is 452 g/mol. The van der Waals surface area contributed by atoms with Crippen molar-refractivity contribution in [2.45, 2.75) is 19.5 Å². The number of benzene rings is 2. The van der Waals surface area contributed by atoms with Gasteiger partial charge in [0.1, 0.15) is 0 Å². The van der Waals surface area contributed by atoms with Crippen molar-refractivity contribution in [3.8, 4) is 11.5 Å². The fraction of sp³-hybridized carbons (Fsp3) is 0.348. The summed E-state index contributed by atoms with van der Waals surface area (Å²) in [7, 11) is 0. The van der Waals surface area contributed by atoms with Crippen LogP contribution in [0.25, 0.3) is 10.9 Å². The van der Waals surface area contributed by atoms with Crippen molar-refractivity contribution < 1.29 is 14.3 Å². The summed E-state index contributed by atoms with van der Waals surface area (Å²) in [6, 6.07) is 13.7. The molecule has 1 saturated heterocycles. The van der Waals surface area contributed by atoms with Crippen molar-refractivity contribution in [3.05, 3.63) is 63.2 Å². The molecule has 0 bridgehead atoms. The highest BCUT2D eigenvalue weighted by Crippen LogP contribution is 2.34. The number of ether oxygens (including phenoxy) is 2. The minimum absolute atomic E-state index is 0.0384. The maximum absolute atomic E-state index is 13.0. The zero-order valence-electron chi connectivity index (χ0n) is 17.6. The summed E-state index contributed by atoms with van der Waals surface area (Å²) >= 11 is 5.38. The van der Waals surface area contributed by atoms with Crippen LogP contribution in [-0.4, -0.2) is 58.2 Å². The van der Waals surface area contributed by atoms with Crippen LogP contribution in [0.2, 0.25) is 0 Å². The highest BCUT2D eigenvalue weighted by molar-refractivity contribution is 7.71. The van der Waals surface area contributed by atoms with E-state index in [1.54, 1.807) is 12.1 Å². The van der Waals surface area contributed by atoms with Crippen LogP contribution in [0.15, 0.2) is 47.3 Å². The molecule has 0 radical (unpaired) electrons. The number of rotatable bonds is 5. The number of aromatic amines is 1. The molecule has 5 rings (SSSR count). The van der Waals surface area contributed by atoms with Crippen LogP contribution < -0.4 is 15.0 Å². The summed E-state index contributed by atoms with van der Waals surface area (Å²) in [5, 5.41) is 0.463. The third-order valence-corrected chi connectivity index (χ3v) is 6.32. The molecule has 1 N–H and O–H groups in total. The Kier molecular flexibility index (Phi) is 5.67. The van der Waals surface area contributed by atoms with Gasteiger partial charge in [-0.2, -0.15) is 0 Å². The molecular formula is C23H24N4O4S. The molecule has 2 aromatic carbocycles. The summed E-state index contributed by atoms with van der Waals surface area (Å²) in [6.45, 7) is 4.31. The second-order valence-electron chi connectivity index (χ2n) is 8.03. The Bertz CT molecular complexity index is 1260. The number of carbonyl (C=O) groups is 1. The van der Waals surface area contributed by atoms with Gasteiger partial charge in [0.15, 0.2) is 16.3 Å². The number of carbonyl (C=O) groups excluding carboxylic acids is 1. The first-order valence-corrected chi connectivity index (χ1v) is 11.1. The lowest BCUT2D eigenvalue weighted by atomic mass is 10.2. The van der Waals surface area contributed by atoms with Crippen LogP contribution in [0.5, 0.6) is 11.5 Å². The Morgan fingerprint density at radius 1 is 1.03 bits per heavy atom. The van der Waals surface area contributed by atoms with E-state index in [-0.39, 0.29) is 31.2 Å². The molecule has 0 unspecified atom stereocenters. The summed E-state index contributed by atoms with van der Waals surface area (Å²) in [5.41, 5.74) is 1.64. The van der Waals surface area contributed by atoms with Gasteiger partial charge in [-0.05, 0) is 23.8 Å². The number of aromatic nitrogens is 2. The summed E-state index contributed by atoms with van der Waals surface area (Å²) in [6.07, 6.45) is 0.228. The average Bonchev–Trinajstić information content (AvgIpc) is 3.26. The zero-order valence-corrected chi connectivity index (χ0v) is 18.4. The number of H-pyrrole nitrogens is 1. The average molecular weight is 453 g/mol. The molecule has 8 nitrogen and oxygen atoms in total. The van der Waals surface area contributed by atoms with E-state index in [1.165, 1.54) is 10.1 Å². The highest BCUT2D eigenvalue weighted by Gasteiger charge is 2.22. The number of piperazine rings is 1. The fourth-order valence-corrected chi connectivity index (χ4v) is 4.49. The van der Waals surface area contributed by atoms with Crippen molar-refractivity contribution in [2.75, 3.05) is 33.0 Å². The van der Waals surface area contributed by atoms with Gasteiger partial charge in [-0.3, -0.25) is 19.1 Å². The minimum Gasteiger partial charge on any atom is -0.454 e. The normalized spacial score (nSPS) is 15.9. The van der Waals surface area contributed by atoms with Gasteiger partial charge in [-0.15, -0.1) is 0 Å². The maximum atomic E-state index is 13.0. The van der Waals surface area contributed by atoms with Crippen LogP contribution >= 0.6 is 12.2 Å². The highest BCUT2D eigenvalue weighted by atomic mass is 32.1. The predicted molar refractivity (Wildman–Crippen MR) is 122 cm³/mol. The van der Waals surface area contributed by atoms with Crippen LogP contribution in [0.3, 0.4) is 0 Å². The first-order valence-electron chi connectivity index (χ1n) is 10.7. The molecule has 0 spiro atoms. The van der Waals surface area contributed by atoms with Crippen molar-refractivity contribution >= 4 is 29.0 Å². The predicted octanol–water partition coefficient (Wildman–Crippen LogP) is 2.52. The Balaban J connectivity index is 1.22. The Hall–Kier alpha value is -3.17. The Labute approximate surface area is 190 Å². The van der Waals surface area contributed by atoms with Crippen molar-refractivity contribution in [2.24, 2.45) is 0 Å². The number of hydrogen-bond donors (Lipinski definition) is 1. The van der Waals surface area contributed by atoms with Crippen LogP contribution in [0, 0.1) is 4.77 Å². The molecule has 0 saturated carbocycles. The molecule has 2 aliphatic rings. The van der Waals surface area contributed by atoms with E-state index in [9.17, 15) is 9.59 Å². The third-order valence-electron chi connectivity index (χ3n) is 6.00. The largest absolute Gasteiger partial charge is 0.454 e. The first-order chi connectivity index (χ1) is 15.6. The molecule has 3 aromatic rings. The second kappa shape index (κ2) is 8.76. The standard InChI is InChI=1S/C23H24N4O4S/c28-21(26-10-8-25(9-11-26)14-16-4-2-1-3-5-16)6-7-27-22(29)17-12-19-20(31-15-30-19)13-18(17)24-23(27)32/h1-5,12-13H,6-11,14-15H2,(H,24,32). The van der Waals surface area contributed by atoms with Crippen molar-refractivity contribution in [1.29, 1.82) is 0 Å². The molecular weight excluding hydrogens is 428 g/mol. The van der Waals surface area contributed by atoms with Gasteiger partial charge in [0.05, 0.1) is 10.9 Å². The molecule has 1 aromatic heterocycles. The van der Waals surface area contributed by atoms with Gasteiger partial charge in [0.25, 0.3) is 5.56 Å². The van der Waals surface area contributed by atoms with E-state index in [1.807, 2.05) is 23.1 Å². The summed E-state index contributed by atoms with van der Waals surface area (Å²) in [5.74, 6) is 1.16. The summed E-state index contributed by atoms with van der Waals surface area (Å²) in [4.78, 5) is 33.1. The van der Waals surface area contributed by atoms with Crippen LogP contribution in [-0.2, 0) is 17.9 Å². The summed E-state index contributed by atoms with van der Waals surface area (Å²) < 4.78 is 12.5. The van der Waals surface area contributed by atoms with E-state index >= 15 is 0 Å². The van der Waals surface area contributed by atoms with Gasteiger partial charge in [-0.25, -0.2) is 0 Å². The number of hydrogen-bond acceptors (Lipinski definition) is 6. The van der Waals surface area contributed by atoms with Crippen molar-refractivity contribution in [3.63, 3.8) is 0 Å². The molecule has 32 heavy (non-hydrogen) atoms. The van der Waals surface area contributed by atoms with E-state index in [4.69, 9.17) is 21.7 Å². The fourth-order valence-electron chi connectivity index (χ4n) is 4.21. The molecule has 3 heterocycles. The van der Waals surface area contributed by atoms with E-state index in [0.717, 1.165) is 19.6 Å². The van der Waals surface area contributed by atoms with Gasteiger partial charge in [-0.1, -0.05) is 30.3 Å². The number of fused-ring (bicyclic) bond motifs is 2. The molecule has 0 atom stereocenters. The molecule has 9 heteroatoms. The molecule has 166 valence electrons. The van der Waals surface area contributed by atoms with Crippen LogP contribution in [0.4, 0.5) is 0 Å². The lowest BCUT2D eigenvalue weighted by Gasteiger charge is -2.34. The number of nitrogens with one attached hydrogen (secondary N) is 1. The lowest BCUT2D eigenvalue weighted by Crippen LogP contribution is -2.48. The first kappa shape index (κ1) is 20.7. The Morgan fingerprint density at radius 3 is 2.50 bits per heavy atom. The lowest BCUT2D eigenvalue weighted by molar-refractivity contribution is -0.133. The molecule has 2 aliphatic heterocycles. The zero-order chi connectivity index (χ0) is 22.1. The van der Waals surface area contributed by atoms with E-state index < -0.39 is 0 Å². The smallest absolute Gasteiger partial charge is 0.262 e. The Morgan fingerprint density at radius 2 is 1.75 bits per heavy atom. The topological polar surface area (TPSA) is 79.8 Å².